The van der Waals surface area contributed by atoms with E-state index in [1.807, 2.05) is 32.0 Å². The number of piperidine rings is 1. The summed E-state index contributed by atoms with van der Waals surface area (Å²) in [5.41, 5.74) is 3.98. The number of H-pyrrole nitrogens is 2. The molecule has 0 spiro atoms. The number of aromatic amines is 2. The number of likely N-dealkylation sites (tertiary alicyclic amines) is 1. The van der Waals surface area contributed by atoms with Crippen LogP contribution in [0.4, 0.5) is 0 Å². The average Bonchev–Trinajstić information content (AvgIpc) is 3.11. The number of hydrogen-bond donors (Lipinski definition) is 2. The summed E-state index contributed by atoms with van der Waals surface area (Å²) >= 11 is 0. The lowest BCUT2D eigenvalue weighted by Crippen LogP contribution is -2.40. The summed E-state index contributed by atoms with van der Waals surface area (Å²) in [5, 5.41) is 0. The molecule has 0 unspecified atom stereocenters. The number of hydrogen-bond acceptors (Lipinski definition) is 3. The summed E-state index contributed by atoms with van der Waals surface area (Å²) < 4.78 is 0. The van der Waals surface area contributed by atoms with Crippen LogP contribution in [0.5, 0.6) is 0 Å². The zero-order valence-corrected chi connectivity index (χ0v) is 15.7. The van der Waals surface area contributed by atoms with Crippen molar-refractivity contribution in [1.82, 2.24) is 19.9 Å². The van der Waals surface area contributed by atoms with E-state index in [-0.39, 0.29) is 22.9 Å². The van der Waals surface area contributed by atoms with Gasteiger partial charge in [0.05, 0.1) is 11.0 Å². The first-order valence-electron chi connectivity index (χ1n) is 9.49. The molecule has 0 atom stereocenters. The van der Waals surface area contributed by atoms with Crippen molar-refractivity contribution < 1.29 is 4.79 Å². The quantitative estimate of drug-likeness (QED) is 0.747. The molecule has 3 aromatic heterocycles. The Bertz CT molecular complexity index is 993. The van der Waals surface area contributed by atoms with Gasteiger partial charge in [-0.2, -0.15) is 0 Å². The van der Waals surface area contributed by atoms with E-state index in [1.165, 1.54) is 5.69 Å². The van der Waals surface area contributed by atoms with Crippen LogP contribution < -0.4 is 5.56 Å². The molecule has 27 heavy (non-hydrogen) atoms. The minimum Gasteiger partial charge on any atom is -0.357 e. The number of nitrogens with zero attached hydrogens (tertiary/aromatic N) is 2. The molecule has 0 bridgehead atoms. The second kappa shape index (κ2) is 7.02. The van der Waals surface area contributed by atoms with Crippen molar-refractivity contribution in [2.24, 2.45) is 0 Å². The fourth-order valence-electron chi connectivity index (χ4n) is 3.76. The van der Waals surface area contributed by atoms with Gasteiger partial charge in [0.25, 0.3) is 11.5 Å². The number of aromatic nitrogens is 3. The van der Waals surface area contributed by atoms with Gasteiger partial charge in [-0.05, 0) is 49.1 Å². The number of carbonyl (C=O) groups excluding carboxylic acids is 1. The van der Waals surface area contributed by atoms with Crippen molar-refractivity contribution in [2.45, 2.75) is 38.5 Å². The summed E-state index contributed by atoms with van der Waals surface area (Å²) in [6.45, 7) is 5.32. The number of fused-ring (bicyclic) bond motifs is 1. The summed E-state index contributed by atoms with van der Waals surface area (Å²) in [6.07, 6.45) is 3.55. The third-order valence-corrected chi connectivity index (χ3v) is 5.42. The largest absolute Gasteiger partial charge is 0.357 e. The van der Waals surface area contributed by atoms with Crippen molar-refractivity contribution in [3.05, 3.63) is 63.8 Å². The molecule has 0 aromatic carbocycles. The maximum Gasteiger partial charge on any atom is 0.261 e. The minimum atomic E-state index is -0.296. The van der Waals surface area contributed by atoms with Gasteiger partial charge in [-0.3, -0.25) is 14.6 Å². The van der Waals surface area contributed by atoms with Gasteiger partial charge in [-0.15, -0.1) is 0 Å². The highest BCUT2D eigenvalue weighted by molar-refractivity contribution is 5.94. The lowest BCUT2D eigenvalue weighted by atomic mass is 9.93. The number of nitrogens with one attached hydrogen (secondary N) is 2. The third kappa shape index (κ3) is 3.39. The highest BCUT2D eigenvalue weighted by Gasteiger charge is 2.27. The van der Waals surface area contributed by atoms with E-state index in [0.717, 1.165) is 29.6 Å². The van der Waals surface area contributed by atoms with Crippen molar-refractivity contribution in [3.8, 4) is 0 Å². The number of rotatable bonds is 3. The van der Waals surface area contributed by atoms with Crippen LogP contribution in [0.1, 0.15) is 60.3 Å². The fourth-order valence-corrected chi connectivity index (χ4v) is 3.76. The van der Waals surface area contributed by atoms with E-state index >= 15 is 0 Å². The van der Waals surface area contributed by atoms with Gasteiger partial charge in [0.15, 0.2) is 0 Å². The standard InChI is InChI=1S/C21H24N4O2/c1-13(2)16-6-5-15(20(26)24-16)21(27)25-10-7-14(8-11-25)18-12-19-17(23-18)4-3-9-22-19/h3-6,9,12-14,23H,7-8,10-11H2,1-2H3,(H,24,26). The Morgan fingerprint density at radius 3 is 2.63 bits per heavy atom. The molecule has 4 heterocycles. The molecule has 1 amide bonds. The SMILES string of the molecule is CC(C)c1ccc(C(=O)N2CCC(c3cc4ncccc4[nH]3)CC2)c(=O)[nH]1. The van der Waals surface area contributed by atoms with Gasteiger partial charge in [-0.1, -0.05) is 13.8 Å². The first-order chi connectivity index (χ1) is 13.0. The maximum absolute atomic E-state index is 12.8. The molecule has 2 N–H and O–H groups in total. The third-order valence-electron chi connectivity index (χ3n) is 5.42. The lowest BCUT2D eigenvalue weighted by molar-refractivity contribution is 0.0710. The van der Waals surface area contributed by atoms with Crippen LogP contribution in [0.2, 0.25) is 0 Å². The van der Waals surface area contributed by atoms with Crippen LogP contribution in [-0.4, -0.2) is 38.8 Å². The van der Waals surface area contributed by atoms with Crippen molar-refractivity contribution in [3.63, 3.8) is 0 Å². The van der Waals surface area contributed by atoms with Gasteiger partial charge in [-0.25, -0.2) is 0 Å². The minimum absolute atomic E-state index is 0.177. The molecule has 3 aromatic rings. The molecule has 0 aliphatic carbocycles. The van der Waals surface area contributed by atoms with Crippen LogP contribution in [0, 0.1) is 0 Å². The van der Waals surface area contributed by atoms with E-state index in [0.29, 0.717) is 19.0 Å². The molecule has 0 saturated carbocycles. The number of amides is 1. The Morgan fingerprint density at radius 1 is 1.19 bits per heavy atom. The Hall–Kier alpha value is -2.89. The molecular formula is C21H24N4O2. The summed E-state index contributed by atoms with van der Waals surface area (Å²) in [4.78, 5) is 37.5. The van der Waals surface area contributed by atoms with Crippen molar-refractivity contribution in [2.75, 3.05) is 13.1 Å². The molecule has 4 rings (SSSR count). The second-order valence-corrected chi connectivity index (χ2v) is 7.54. The molecule has 1 saturated heterocycles. The molecule has 1 aliphatic heterocycles. The predicted octanol–water partition coefficient (Wildman–Crippen LogP) is 3.39. The van der Waals surface area contributed by atoms with Crippen LogP contribution in [0.25, 0.3) is 11.0 Å². The molecule has 1 aliphatic rings. The van der Waals surface area contributed by atoms with Gasteiger partial charge in [0.2, 0.25) is 0 Å². The highest BCUT2D eigenvalue weighted by atomic mass is 16.2. The maximum atomic E-state index is 12.8. The van der Waals surface area contributed by atoms with Crippen LogP contribution in [-0.2, 0) is 0 Å². The summed E-state index contributed by atoms with van der Waals surface area (Å²) in [7, 11) is 0. The normalized spacial score (nSPS) is 15.6. The van der Waals surface area contributed by atoms with Crippen LogP contribution in [0.3, 0.4) is 0 Å². The van der Waals surface area contributed by atoms with Gasteiger partial charge >= 0.3 is 0 Å². The van der Waals surface area contributed by atoms with Crippen molar-refractivity contribution in [1.29, 1.82) is 0 Å². The summed E-state index contributed by atoms with van der Waals surface area (Å²) in [6, 6.07) is 9.55. The smallest absolute Gasteiger partial charge is 0.261 e. The molecule has 140 valence electrons. The zero-order valence-electron chi connectivity index (χ0n) is 15.7. The Morgan fingerprint density at radius 2 is 1.96 bits per heavy atom. The van der Waals surface area contributed by atoms with Crippen LogP contribution >= 0.6 is 0 Å². The van der Waals surface area contributed by atoms with E-state index in [2.05, 4.69) is 21.0 Å². The van der Waals surface area contributed by atoms with Crippen molar-refractivity contribution >= 4 is 16.9 Å². The Balaban J connectivity index is 1.45. The van der Waals surface area contributed by atoms with E-state index in [1.54, 1.807) is 17.2 Å². The Kier molecular flexibility index (Phi) is 4.56. The zero-order chi connectivity index (χ0) is 19.0. The summed E-state index contributed by atoms with van der Waals surface area (Å²) in [5.74, 6) is 0.427. The van der Waals surface area contributed by atoms with Gasteiger partial charge in [0, 0.05) is 36.6 Å². The molecule has 6 heteroatoms. The Labute approximate surface area is 157 Å². The average molecular weight is 364 g/mol. The lowest BCUT2D eigenvalue weighted by Gasteiger charge is -2.31. The molecule has 6 nitrogen and oxygen atoms in total. The van der Waals surface area contributed by atoms with E-state index in [4.69, 9.17) is 0 Å². The van der Waals surface area contributed by atoms with Gasteiger partial charge in [0.1, 0.15) is 5.56 Å². The topological polar surface area (TPSA) is 81.8 Å². The first kappa shape index (κ1) is 17.5. The number of carbonyl (C=O) groups is 1. The first-order valence-corrected chi connectivity index (χ1v) is 9.49. The monoisotopic (exact) mass is 364 g/mol. The second-order valence-electron chi connectivity index (χ2n) is 7.54. The highest BCUT2D eigenvalue weighted by Crippen LogP contribution is 2.29. The van der Waals surface area contributed by atoms with Gasteiger partial charge < -0.3 is 14.9 Å². The van der Waals surface area contributed by atoms with E-state index in [9.17, 15) is 9.59 Å². The van der Waals surface area contributed by atoms with E-state index < -0.39 is 0 Å². The molecule has 1 fully saturated rings. The number of pyridine rings is 2. The molecule has 0 radical (unpaired) electrons. The fraction of sp³-hybridized carbons (Fsp3) is 0.381. The predicted molar refractivity (Wildman–Crippen MR) is 105 cm³/mol. The molecular weight excluding hydrogens is 340 g/mol. The van der Waals surface area contributed by atoms with Crippen LogP contribution in [0.15, 0.2) is 41.3 Å².